The van der Waals surface area contributed by atoms with E-state index in [1.165, 1.54) is 19.5 Å². The molecule has 0 spiro atoms. The maximum atomic E-state index is 2.38. The van der Waals surface area contributed by atoms with Gasteiger partial charge in [-0.1, -0.05) is 48.5 Å². The third-order valence-electron chi connectivity index (χ3n) is 3.88. The summed E-state index contributed by atoms with van der Waals surface area (Å²) in [5, 5.41) is 0. The zero-order chi connectivity index (χ0) is 12.3. The molecule has 1 aliphatic heterocycles. The van der Waals surface area contributed by atoms with Gasteiger partial charge < -0.3 is 4.90 Å². The standard InChI is InChI=1S/C8H18.C6H13N/c1-7(2,3)8(4,5)6;1-6-3-4-7(2)5-6/h1-6H3;6H,3-5H2,1-2H3/t;6-/m.1/s1. The molecule has 1 heterocycles. The molecule has 0 aromatic rings. The fourth-order valence-electron chi connectivity index (χ4n) is 1.16. The van der Waals surface area contributed by atoms with Crippen molar-refractivity contribution in [2.45, 2.75) is 54.9 Å². The van der Waals surface area contributed by atoms with Gasteiger partial charge in [-0.05, 0) is 36.8 Å². The van der Waals surface area contributed by atoms with Crippen molar-refractivity contribution in [3.63, 3.8) is 0 Å². The van der Waals surface area contributed by atoms with Crippen LogP contribution in [0.4, 0.5) is 0 Å². The van der Waals surface area contributed by atoms with Gasteiger partial charge in [0.1, 0.15) is 0 Å². The van der Waals surface area contributed by atoms with E-state index in [-0.39, 0.29) is 0 Å². The number of nitrogens with zero attached hydrogens (tertiary/aromatic N) is 1. The summed E-state index contributed by atoms with van der Waals surface area (Å²) in [7, 11) is 2.18. The van der Waals surface area contributed by atoms with Gasteiger partial charge in [0.25, 0.3) is 0 Å². The average Bonchev–Trinajstić information content (AvgIpc) is 2.31. The Balaban J connectivity index is 0.000000262. The Labute approximate surface area is 97.2 Å². The minimum atomic E-state index is 0.437. The highest BCUT2D eigenvalue weighted by molar-refractivity contribution is 4.77. The van der Waals surface area contributed by atoms with Gasteiger partial charge in [-0.15, -0.1) is 0 Å². The molecule has 0 aliphatic carbocycles. The van der Waals surface area contributed by atoms with Crippen LogP contribution in [0.1, 0.15) is 54.9 Å². The Morgan fingerprint density at radius 3 is 1.40 bits per heavy atom. The number of hydrogen-bond acceptors (Lipinski definition) is 1. The molecule has 0 amide bonds. The highest BCUT2D eigenvalue weighted by Crippen LogP contribution is 2.36. The van der Waals surface area contributed by atoms with E-state index in [1.807, 2.05) is 0 Å². The van der Waals surface area contributed by atoms with Gasteiger partial charge in [-0.3, -0.25) is 0 Å². The van der Waals surface area contributed by atoms with Crippen molar-refractivity contribution < 1.29 is 0 Å². The van der Waals surface area contributed by atoms with Gasteiger partial charge in [-0.25, -0.2) is 0 Å². The van der Waals surface area contributed by atoms with Gasteiger partial charge in [0, 0.05) is 6.54 Å². The van der Waals surface area contributed by atoms with Crippen molar-refractivity contribution >= 4 is 0 Å². The Hall–Kier alpha value is -0.0400. The molecule has 1 saturated heterocycles. The van der Waals surface area contributed by atoms with Crippen molar-refractivity contribution in [3.05, 3.63) is 0 Å². The number of hydrogen-bond donors (Lipinski definition) is 0. The molecule has 1 atom stereocenters. The summed E-state index contributed by atoms with van der Waals surface area (Å²) in [6.45, 7) is 18.5. The largest absolute Gasteiger partial charge is 0.306 e. The molecule has 0 unspecified atom stereocenters. The van der Waals surface area contributed by atoms with Crippen LogP contribution < -0.4 is 0 Å². The first-order valence-corrected chi connectivity index (χ1v) is 6.22. The molecule has 1 rings (SSSR count). The quantitative estimate of drug-likeness (QED) is 0.587. The Kier molecular flexibility index (Phi) is 5.32. The maximum Gasteiger partial charge on any atom is 0.000445 e. The smallest absolute Gasteiger partial charge is 0.000445 e. The zero-order valence-electron chi connectivity index (χ0n) is 12.1. The minimum Gasteiger partial charge on any atom is -0.306 e. The third kappa shape index (κ3) is 6.19. The van der Waals surface area contributed by atoms with Crippen LogP contribution in [-0.2, 0) is 0 Å². The van der Waals surface area contributed by atoms with E-state index >= 15 is 0 Å². The third-order valence-corrected chi connectivity index (χ3v) is 3.88. The van der Waals surface area contributed by atoms with E-state index in [1.54, 1.807) is 0 Å². The predicted octanol–water partition coefficient (Wildman–Crippen LogP) is 4.04. The lowest BCUT2D eigenvalue weighted by Gasteiger charge is -2.34. The first-order valence-electron chi connectivity index (χ1n) is 6.22. The molecule has 0 aromatic heterocycles. The molecule has 15 heavy (non-hydrogen) atoms. The molecule has 92 valence electrons. The molecule has 1 aliphatic rings. The molecule has 1 nitrogen and oxygen atoms in total. The fourth-order valence-corrected chi connectivity index (χ4v) is 1.16. The average molecular weight is 213 g/mol. The van der Waals surface area contributed by atoms with Crippen LogP contribution in [0.15, 0.2) is 0 Å². The second-order valence-electron chi connectivity index (χ2n) is 7.16. The van der Waals surface area contributed by atoms with Crippen molar-refractivity contribution in [1.82, 2.24) is 4.90 Å². The normalized spacial score (nSPS) is 23.6. The van der Waals surface area contributed by atoms with Crippen LogP contribution in [0.2, 0.25) is 0 Å². The van der Waals surface area contributed by atoms with Crippen molar-refractivity contribution in [2.75, 3.05) is 20.1 Å². The number of likely N-dealkylation sites (tertiary alicyclic amines) is 1. The first kappa shape index (κ1) is 15.0. The molecule has 1 heteroatoms. The van der Waals surface area contributed by atoms with E-state index in [2.05, 4.69) is 60.4 Å². The van der Waals surface area contributed by atoms with Crippen LogP contribution in [0.3, 0.4) is 0 Å². The maximum absolute atomic E-state index is 2.38. The minimum absolute atomic E-state index is 0.437. The lowest BCUT2D eigenvalue weighted by molar-refractivity contribution is 0.157. The van der Waals surface area contributed by atoms with E-state index in [4.69, 9.17) is 0 Å². The zero-order valence-corrected chi connectivity index (χ0v) is 12.1. The van der Waals surface area contributed by atoms with Crippen LogP contribution in [-0.4, -0.2) is 25.0 Å². The Morgan fingerprint density at radius 1 is 0.933 bits per heavy atom. The molecular formula is C14H31N. The monoisotopic (exact) mass is 213 g/mol. The van der Waals surface area contributed by atoms with Crippen LogP contribution in [0, 0.1) is 16.7 Å². The summed E-state index contributed by atoms with van der Waals surface area (Å²) >= 11 is 0. The summed E-state index contributed by atoms with van der Waals surface area (Å²) in [6.07, 6.45) is 1.40. The summed E-state index contributed by atoms with van der Waals surface area (Å²) in [5.74, 6) is 0.949. The van der Waals surface area contributed by atoms with E-state index in [0.717, 1.165) is 5.92 Å². The number of rotatable bonds is 0. The van der Waals surface area contributed by atoms with Crippen molar-refractivity contribution in [2.24, 2.45) is 16.7 Å². The first-order chi connectivity index (χ1) is 6.54. The second-order valence-corrected chi connectivity index (χ2v) is 7.16. The summed E-state index contributed by atoms with van der Waals surface area (Å²) in [6, 6.07) is 0. The lowest BCUT2D eigenvalue weighted by Crippen LogP contribution is -2.25. The van der Waals surface area contributed by atoms with E-state index in [9.17, 15) is 0 Å². The summed E-state index contributed by atoms with van der Waals surface area (Å²) in [4.78, 5) is 2.38. The molecule has 1 fully saturated rings. The van der Waals surface area contributed by atoms with Crippen LogP contribution in [0.25, 0.3) is 0 Å². The highest BCUT2D eigenvalue weighted by Gasteiger charge is 2.26. The van der Waals surface area contributed by atoms with Crippen molar-refractivity contribution in [1.29, 1.82) is 0 Å². The molecule has 0 aromatic carbocycles. The molecule has 0 saturated carbocycles. The highest BCUT2D eigenvalue weighted by atomic mass is 15.1. The van der Waals surface area contributed by atoms with Crippen molar-refractivity contribution in [3.8, 4) is 0 Å². The van der Waals surface area contributed by atoms with E-state index < -0.39 is 0 Å². The summed E-state index contributed by atoms with van der Waals surface area (Å²) < 4.78 is 0. The van der Waals surface area contributed by atoms with Gasteiger partial charge in [0.2, 0.25) is 0 Å². The fraction of sp³-hybridized carbons (Fsp3) is 1.00. The Bertz CT molecular complexity index is 151. The van der Waals surface area contributed by atoms with Crippen LogP contribution >= 0.6 is 0 Å². The molecule has 0 bridgehead atoms. The SMILES string of the molecule is CC(C)(C)C(C)(C)C.C[C@@H]1CCN(C)C1. The predicted molar refractivity (Wildman–Crippen MR) is 70.2 cm³/mol. The lowest BCUT2D eigenvalue weighted by atomic mass is 9.71. The molecule has 0 radical (unpaired) electrons. The second kappa shape index (κ2) is 5.34. The van der Waals surface area contributed by atoms with E-state index in [0.29, 0.717) is 10.8 Å². The molecular weight excluding hydrogens is 182 g/mol. The molecule has 0 N–H and O–H groups in total. The van der Waals surface area contributed by atoms with Gasteiger partial charge in [0.05, 0.1) is 0 Å². The van der Waals surface area contributed by atoms with Gasteiger partial charge >= 0.3 is 0 Å². The topological polar surface area (TPSA) is 3.24 Å². The van der Waals surface area contributed by atoms with Gasteiger partial charge in [-0.2, -0.15) is 0 Å². The Morgan fingerprint density at radius 2 is 1.33 bits per heavy atom. The summed E-state index contributed by atoms with van der Waals surface area (Å²) in [5.41, 5.74) is 0.875. The van der Waals surface area contributed by atoms with Gasteiger partial charge in [0.15, 0.2) is 0 Å². The van der Waals surface area contributed by atoms with Crippen LogP contribution in [0.5, 0.6) is 0 Å².